The lowest BCUT2D eigenvalue weighted by Crippen LogP contribution is -2.02. The van der Waals surface area contributed by atoms with Crippen molar-refractivity contribution < 1.29 is 0 Å². The van der Waals surface area contributed by atoms with E-state index in [1.807, 2.05) is 19.2 Å². The van der Waals surface area contributed by atoms with Crippen LogP contribution >= 0.6 is 11.3 Å². The van der Waals surface area contributed by atoms with Gasteiger partial charge in [-0.25, -0.2) is 9.97 Å². The van der Waals surface area contributed by atoms with Gasteiger partial charge in [-0.1, -0.05) is 44.2 Å². The summed E-state index contributed by atoms with van der Waals surface area (Å²) in [6, 6.07) is 12.5. The van der Waals surface area contributed by atoms with Gasteiger partial charge < -0.3 is 0 Å². The quantitative estimate of drug-likeness (QED) is 0.477. The second-order valence-electron chi connectivity index (χ2n) is 5.78. The highest BCUT2D eigenvalue weighted by molar-refractivity contribution is 7.21. The molecule has 2 heterocycles. The van der Waals surface area contributed by atoms with E-state index >= 15 is 0 Å². The van der Waals surface area contributed by atoms with E-state index in [4.69, 9.17) is 0 Å². The van der Waals surface area contributed by atoms with Crippen LogP contribution in [-0.2, 0) is 0 Å². The van der Waals surface area contributed by atoms with Crippen molar-refractivity contribution in [3.8, 4) is 10.4 Å². The lowest BCUT2D eigenvalue weighted by Gasteiger charge is -2.06. The lowest BCUT2D eigenvalue weighted by molar-refractivity contribution is 0.654. The van der Waals surface area contributed by atoms with E-state index in [0.29, 0.717) is 5.92 Å². The molecule has 0 amide bonds. The Morgan fingerprint density at radius 2 is 1.92 bits per heavy atom. The van der Waals surface area contributed by atoms with Gasteiger partial charge in [-0.05, 0) is 37.3 Å². The van der Waals surface area contributed by atoms with E-state index in [0.717, 1.165) is 34.7 Å². The molecule has 2 aromatic heterocycles. The largest absolute Gasteiger partial charge is 0.261 e. The van der Waals surface area contributed by atoms with Crippen molar-refractivity contribution in [1.82, 2.24) is 9.97 Å². The Morgan fingerprint density at radius 1 is 1.17 bits per heavy atom. The minimum Gasteiger partial charge on any atom is -0.261 e. The molecule has 0 aliphatic carbocycles. The van der Waals surface area contributed by atoms with Crippen molar-refractivity contribution >= 4 is 33.6 Å². The predicted octanol–water partition coefficient (Wildman–Crippen LogP) is 5.50. The number of hydrazone groups is 1. The zero-order valence-corrected chi connectivity index (χ0v) is 15.1. The van der Waals surface area contributed by atoms with Gasteiger partial charge in [0, 0.05) is 11.1 Å². The number of thiophene rings is 1. The number of hydrogen-bond acceptors (Lipinski definition) is 5. The first-order chi connectivity index (χ1) is 11.7. The van der Waals surface area contributed by atoms with Crippen LogP contribution in [0.25, 0.3) is 20.7 Å². The average Bonchev–Trinajstić information content (AvgIpc) is 3.03. The average molecular weight is 338 g/mol. The highest BCUT2D eigenvalue weighted by Crippen LogP contribution is 2.35. The fraction of sp³-hybridized carbons (Fsp3) is 0.316. The molecule has 0 bridgehead atoms. The summed E-state index contributed by atoms with van der Waals surface area (Å²) in [4.78, 5) is 11.3. The molecule has 124 valence electrons. The summed E-state index contributed by atoms with van der Waals surface area (Å²) in [5.74, 6) is 2.03. The van der Waals surface area contributed by atoms with Crippen molar-refractivity contribution in [2.75, 3.05) is 5.43 Å². The molecule has 1 aromatic carbocycles. The van der Waals surface area contributed by atoms with Gasteiger partial charge in [0.15, 0.2) is 5.82 Å². The monoisotopic (exact) mass is 338 g/mol. The summed E-state index contributed by atoms with van der Waals surface area (Å²) < 4.78 is 0. The van der Waals surface area contributed by atoms with Crippen molar-refractivity contribution in [2.45, 2.75) is 33.6 Å². The number of benzene rings is 1. The van der Waals surface area contributed by atoms with Gasteiger partial charge in [0.05, 0.1) is 5.39 Å². The lowest BCUT2D eigenvalue weighted by atomic mass is 10.1. The van der Waals surface area contributed by atoms with Crippen molar-refractivity contribution in [3.05, 3.63) is 42.2 Å². The fourth-order valence-electron chi connectivity index (χ4n) is 2.56. The molecule has 3 aromatic rings. The van der Waals surface area contributed by atoms with Crippen LogP contribution < -0.4 is 5.43 Å². The molecule has 0 saturated carbocycles. The van der Waals surface area contributed by atoms with E-state index in [1.165, 1.54) is 10.4 Å². The molecule has 0 unspecified atom stereocenters. The first-order valence-corrected chi connectivity index (χ1v) is 9.15. The molecular weight excluding hydrogens is 316 g/mol. The molecular formula is C19H22N4S. The van der Waals surface area contributed by atoms with E-state index in [1.54, 1.807) is 11.3 Å². The third kappa shape index (κ3) is 3.62. The van der Waals surface area contributed by atoms with Gasteiger partial charge in [-0.3, -0.25) is 5.43 Å². The first-order valence-electron chi connectivity index (χ1n) is 8.34. The summed E-state index contributed by atoms with van der Waals surface area (Å²) in [6.45, 7) is 6.27. The third-order valence-corrected chi connectivity index (χ3v) is 5.15. The first kappa shape index (κ1) is 16.6. The molecule has 24 heavy (non-hydrogen) atoms. The van der Waals surface area contributed by atoms with Gasteiger partial charge >= 0.3 is 0 Å². The van der Waals surface area contributed by atoms with E-state index in [-0.39, 0.29) is 0 Å². The number of rotatable bonds is 6. The highest BCUT2D eigenvalue weighted by Gasteiger charge is 2.11. The normalized spacial score (nSPS) is 11.7. The second kappa shape index (κ2) is 7.53. The molecule has 1 N–H and O–H groups in total. The highest BCUT2D eigenvalue weighted by atomic mass is 32.1. The molecule has 3 rings (SSSR count). The SMILES string of the molecule is CCC(/C=N\Nc1nc(C)nc2sc(-c3ccccc3)cc12)CC. The zero-order valence-electron chi connectivity index (χ0n) is 14.3. The molecule has 5 heteroatoms. The Kier molecular flexibility index (Phi) is 5.20. The minimum atomic E-state index is 0.498. The topological polar surface area (TPSA) is 50.2 Å². The van der Waals surface area contributed by atoms with Crippen molar-refractivity contribution in [3.63, 3.8) is 0 Å². The van der Waals surface area contributed by atoms with E-state index < -0.39 is 0 Å². The number of fused-ring (bicyclic) bond motifs is 1. The summed E-state index contributed by atoms with van der Waals surface area (Å²) in [5.41, 5.74) is 4.32. The van der Waals surface area contributed by atoms with Crippen LogP contribution in [0.15, 0.2) is 41.5 Å². The maximum Gasteiger partial charge on any atom is 0.158 e. The zero-order chi connectivity index (χ0) is 16.9. The summed E-state index contributed by atoms with van der Waals surface area (Å²) in [7, 11) is 0. The molecule has 0 aliphatic heterocycles. The number of nitrogens with zero attached hydrogens (tertiary/aromatic N) is 3. The molecule has 0 saturated heterocycles. The van der Waals surface area contributed by atoms with Crippen LogP contribution in [0.1, 0.15) is 32.5 Å². The van der Waals surface area contributed by atoms with E-state index in [2.05, 4.69) is 64.7 Å². The maximum atomic E-state index is 4.57. The van der Waals surface area contributed by atoms with Crippen LogP contribution in [0, 0.1) is 12.8 Å². The minimum absolute atomic E-state index is 0.498. The number of aromatic nitrogens is 2. The van der Waals surface area contributed by atoms with Gasteiger partial charge in [0.2, 0.25) is 0 Å². The number of nitrogens with one attached hydrogen (secondary N) is 1. The van der Waals surface area contributed by atoms with Crippen LogP contribution in [0.5, 0.6) is 0 Å². The Bertz CT molecular complexity index is 835. The standard InChI is InChI=1S/C19H22N4S/c1-4-14(5-2)12-20-23-18-16-11-17(15-9-7-6-8-10-15)24-19(16)22-13(3)21-18/h6-12,14H,4-5H2,1-3H3,(H,21,22,23)/b20-12-. The van der Waals surface area contributed by atoms with Gasteiger partial charge in [-0.2, -0.15) is 5.10 Å². The van der Waals surface area contributed by atoms with Crippen LogP contribution in [0.4, 0.5) is 5.82 Å². The van der Waals surface area contributed by atoms with Gasteiger partial charge in [0.1, 0.15) is 10.7 Å². The molecule has 0 radical (unpaired) electrons. The fourth-order valence-corrected chi connectivity index (χ4v) is 3.64. The van der Waals surface area contributed by atoms with Crippen LogP contribution in [0.3, 0.4) is 0 Å². The second-order valence-corrected chi connectivity index (χ2v) is 6.81. The molecule has 4 nitrogen and oxygen atoms in total. The Labute approximate surface area is 146 Å². The Morgan fingerprint density at radius 3 is 2.62 bits per heavy atom. The number of hydrogen-bond donors (Lipinski definition) is 1. The Hall–Kier alpha value is -2.27. The molecule has 0 aliphatic rings. The smallest absolute Gasteiger partial charge is 0.158 e. The van der Waals surface area contributed by atoms with Gasteiger partial charge in [-0.15, -0.1) is 11.3 Å². The molecule has 0 atom stereocenters. The van der Waals surface area contributed by atoms with Crippen LogP contribution in [-0.4, -0.2) is 16.2 Å². The third-order valence-electron chi connectivity index (χ3n) is 4.07. The van der Waals surface area contributed by atoms with Crippen LogP contribution in [0.2, 0.25) is 0 Å². The predicted molar refractivity (Wildman–Crippen MR) is 104 cm³/mol. The molecule has 0 fully saturated rings. The van der Waals surface area contributed by atoms with Crippen molar-refractivity contribution in [2.24, 2.45) is 11.0 Å². The summed E-state index contributed by atoms with van der Waals surface area (Å²) >= 11 is 1.68. The van der Waals surface area contributed by atoms with Gasteiger partial charge in [0.25, 0.3) is 0 Å². The maximum absolute atomic E-state index is 4.57. The molecule has 0 spiro atoms. The number of anilines is 1. The van der Waals surface area contributed by atoms with E-state index in [9.17, 15) is 0 Å². The Balaban J connectivity index is 1.94. The summed E-state index contributed by atoms with van der Waals surface area (Å²) in [5, 5.41) is 5.42. The number of aryl methyl sites for hydroxylation is 1. The van der Waals surface area contributed by atoms with Crippen molar-refractivity contribution in [1.29, 1.82) is 0 Å². The summed E-state index contributed by atoms with van der Waals surface area (Å²) in [6.07, 6.45) is 4.17.